The van der Waals surface area contributed by atoms with Gasteiger partial charge in [-0.05, 0) is 65.6 Å². The summed E-state index contributed by atoms with van der Waals surface area (Å²) in [6.07, 6.45) is 1.50. The Morgan fingerprint density at radius 1 is 0.974 bits per heavy atom. The van der Waals surface area contributed by atoms with Crippen molar-refractivity contribution >= 4 is 35.2 Å². The minimum atomic E-state index is -0.626. The molecule has 0 heterocycles. The van der Waals surface area contributed by atoms with E-state index in [1.807, 2.05) is 78.9 Å². The van der Waals surface area contributed by atoms with Gasteiger partial charge in [-0.15, -0.1) is 11.8 Å². The number of rotatable bonds is 14. The van der Waals surface area contributed by atoms with Gasteiger partial charge in [-0.2, -0.15) is 0 Å². The van der Waals surface area contributed by atoms with Crippen molar-refractivity contribution in [1.29, 1.82) is 0 Å². The average Bonchev–Trinajstić information content (AvgIpc) is 2.93. The van der Waals surface area contributed by atoms with Crippen molar-refractivity contribution in [2.24, 2.45) is 5.92 Å². The first-order chi connectivity index (χ1) is 18.4. The smallest absolute Gasteiger partial charge is 0.243 e. The highest BCUT2D eigenvalue weighted by molar-refractivity contribution is 7.99. The molecule has 1 atom stereocenters. The molecule has 0 aromatic heterocycles. The van der Waals surface area contributed by atoms with Crippen LogP contribution in [0.15, 0.2) is 83.8 Å². The van der Waals surface area contributed by atoms with Gasteiger partial charge in [0.05, 0.1) is 7.11 Å². The highest BCUT2D eigenvalue weighted by Gasteiger charge is 2.30. The molecule has 3 rings (SSSR count). The molecule has 0 radical (unpaired) electrons. The van der Waals surface area contributed by atoms with Crippen LogP contribution in [-0.2, 0) is 22.6 Å². The number of hydrogen-bond acceptors (Lipinski definition) is 4. The lowest BCUT2D eigenvalue weighted by Crippen LogP contribution is -2.51. The third-order valence-electron chi connectivity index (χ3n) is 6.06. The number of nitrogens with one attached hydrogen (secondary N) is 1. The van der Waals surface area contributed by atoms with E-state index in [4.69, 9.17) is 16.3 Å². The largest absolute Gasteiger partial charge is 0.497 e. The van der Waals surface area contributed by atoms with E-state index >= 15 is 0 Å². The minimum absolute atomic E-state index is 0.0369. The van der Waals surface area contributed by atoms with Crippen LogP contribution in [-0.4, -0.2) is 42.2 Å². The predicted octanol–water partition coefficient (Wildman–Crippen LogP) is 6.63. The molecule has 3 aromatic rings. The van der Waals surface area contributed by atoms with E-state index in [1.54, 1.807) is 23.8 Å². The Labute approximate surface area is 235 Å². The third kappa shape index (κ3) is 9.73. The van der Waals surface area contributed by atoms with E-state index in [1.165, 1.54) is 0 Å². The maximum absolute atomic E-state index is 13.7. The van der Waals surface area contributed by atoms with Crippen molar-refractivity contribution in [1.82, 2.24) is 10.2 Å². The lowest BCUT2D eigenvalue weighted by molar-refractivity contribution is -0.141. The quantitative estimate of drug-likeness (QED) is 0.180. The molecule has 0 fully saturated rings. The topological polar surface area (TPSA) is 58.6 Å². The first-order valence-electron chi connectivity index (χ1n) is 13.0. The second-order valence-corrected chi connectivity index (χ2v) is 11.2. The number of carbonyl (C=O) groups excluding carboxylic acids is 2. The summed E-state index contributed by atoms with van der Waals surface area (Å²) in [6, 6.07) is 24.6. The van der Waals surface area contributed by atoms with Gasteiger partial charge in [0.2, 0.25) is 11.8 Å². The number of nitrogens with zero attached hydrogens (tertiary/aromatic N) is 1. The zero-order valence-electron chi connectivity index (χ0n) is 22.4. The molecule has 0 aliphatic carbocycles. The van der Waals surface area contributed by atoms with Gasteiger partial charge in [-0.3, -0.25) is 9.59 Å². The van der Waals surface area contributed by atoms with Gasteiger partial charge in [-0.25, -0.2) is 0 Å². The van der Waals surface area contributed by atoms with Crippen LogP contribution in [0, 0.1) is 5.92 Å². The summed E-state index contributed by atoms with van der Waals surface area (Å²) in [5, 5.41) is 3.77. The second-order valence-electron chi connectivity index (χ2n) is 9.62. The van der Waals surface area contributed by atoms with Gasteiger partial charge in [0, 0.05) is 35.8 Å². The van der Waals surface area contributed by atoms with Crippen LogP contribution >= 0.6 is 23.4 Å². The lowest BCUT2D eigenvalue weighted by Gasteiger charge is -2.32. The molecule has 0 saturated carbocycles. The molecule has 5 nitrogen and oxygen atoms in total. The Morgan fingerprint density at radius 2 is 1.68 bits per heavy atom. The maximum atomic E-state index is 13.7. The number of methoxy groups -OCH3 is 1. The van der Waals surface area contributed by atoms with E-state index in [0.29, 0.717) is 43.3 Å². The van der Waals surface area contributed by atoms with E-state index in [9.17, 15) is 9.59 Å². The highest BCUT2D eigenvalue weighted by atomic mass is 35.5. The average molecular weight is 553 g/mol. The van der Waals surface area contributed by atoms with Crippen molar-refractivity contribution in [3.05, 3.63) is 95.0 Å². The highest BCUT2D eigenvalue weighted by Crippen LogP contribution is 2.23. The van der Waals surface area contributed by atoms with Crippen LogP contribution in [0.1, 0.15) is 37.8 Å². The van der Waals surface area contributed by atoms with Crippen LogP contribution < -0.4 is 10.1 Å². The lowest BCUT2D eigenvalue weighted by atomic mass is 10.0. The van der Waals surface area contributed by atoms with E-state index in [2.05, 4.69) is 19.2 Å². The molecule has 202 valence electrons. The Bertz CT molecular complexity index is 1160. The summed E-state index contributed by atoms with van der Waals surface area (Å²) < 4.78 is 5.40. The third-order valence-corrected chi connectivity index (χ3v) is 7.41. The molecule has 38 heavy (non-hydrogen) atoms. The fourth-order valence-corrected chi connectivity index (χ4v) is 5.01. The van der Waals surface area contributed by atoms with Crippen LogP contribution in [0.25, 0.3) is 0 Å². The summed E-state index contributed by atoms with van der Waals surface area (Å²) >= 11 is 7.68. The monoisotopic (exact) mass is 552 g/mol. The minimum Gasteiger partial charge on any atom is -0.497 e. The van der Waals surface area contributed by atoms with Crippen LogP contribution in [0.4, 0.5) is 0 Å². The summed E-state index contributed by atoms with van der Waals surface area (Å²) in [5.41, 5.74) is 1.93. The molecular weight excluding hydrogens is 516 g/mol. The van der Waals surface area contributed by atoms with Crippen molar-refractivity contribution in [3.8, 4) is 5.75 Å². The van der Waals surface area contributed by atoms with Crippen LogP contribution in [0.5, 0.6) is 5.75 Å². The molecule has 7 heteroatoms. The zero-order valence-corrected chi connectivity index (χ0v) is 23.9. The predicted molar refractivity (Wildman–Crippen MR) is 157 cm³/mol. The SMILES string of the molecule is COc1cccc(CN(C(=O)CCCSc2ccc(Cl)cc2)C(Cc2ccccc2)C(=O)NCC(C)C)c1. The standard InChI is InChI=1S/C31H37ClN2O3S/c1-23(2)21-33-31(36)29(20-24-9-5-4-6-10-24)34(22-25-11-7-12-27(19-25)37-3)30(35)13-8-18-38-28-16-14-26(32)15-17-28/h4-7,9-12,14-17,19,23,29H,8,13,18,20-22H2,1-3H3,(H,33,36). The van der Waals surface area contributed by atoms with E-state index in [-0.39, 0.29) is 11.8 Å². The van der Waals surface area contributed by atoms with Crippen molar-refractivity contribution in [3.63, 3.8) is 0 Å². The van der Waals surface area contributed by atoms with Crippen molar-refractivity contribution in [2.75, 3.05) is 19.4 Å². The summed E-state index contributed by atoms with van der Waals surface area (Å²) in [7, 11) is 1.62. The Morgan fingerprint density at radius 3 is 2.37 bits per heavy atom. The maximum Gasteiger partial charge on any atom is 0.243 e. The Hall–Kier alpha value is -2.96. The fourth-order valence-electron chi connectivity index (χ4n) is 4.03. The van der Waals surface area contributed by atoms with Gasteiger partial charge in [0.1, 0.15) is 11.8 Å². The summed E-state index contributed by atoms with van der Waals surface area (Å²) in [4.78, 5) is 30.1. The number of carbonyl (C=O) groups is 2. The van der Waals surface area contributed by atoms with Gasteiger partial charge < -0.3 is 15.0 Å². The number of halogens is 1. The van der Waals surface area contributed by atoms with Gasteiger partial charge in [-0.1, -0.05) is 67.9 Å². The molecule has 1 unspecified atom stereocenters. The molecule has 0 aliphatic rings. The number of benzene rings is 3. The number of ether oxygens (including phenoxy) is 1. The Balaban J connectivity index is 1.80. The molecule has 2 amide bonds. The normalized spacial score (nSPS) is 11.7. The van der Waals surface area contributed by atoms with Gasteiger partial charge in [0.15, 0.2) is 0 Å². The first kappa shape index (κ1) is 29.6. The zero-order chi connectivity index (χ0) is 27.3. The Kier molecular flexibility index (Phi) is 12.0. The summed E-state index contributed by atoms with van der Waals surface area (Å²) in [5.74, 6) is 1.66. The van der Waals surface area contributed by atoms with Crippen LogP contribution in [0.2, 0.25) is 5.02 Å². The van der Waals surface area contributed by atoms with Crippen molar-refractivity contribution < 1.29 is 14.3 Å². The molecular formula is C31H37ClN2O3S. The molecule has 3 aromatic carbocycles. The van der Waals surface area contributed by atoms with Crippen molar-refractivity contribution in [2.45, 2.75) is 50.6 Å². The van der Waals surface area contributed by atoms with Gasteiger partial charge >= 0.3 is 0 Å². The van der Waals surface area contributed by atoms with E-state index in [0.717, 1.165) is 27.5 Å². The number of hydrogen-bond donors (Lipinski definition) is 1. The second kappa shape index (κ2) is 15.5. The molecule has 0 saturated heterocycles. The number of thioether (sulfide) groups is 1. The fraction of sp³-hybridized carbons (Fsp3) is 0.355. The van der Waals surface area contributed by atoms with E-state index < -0.39 is 6.04 Å². The first-order valence-corrected chi connectivity index (χ1v) is 14.3. The van der Waals surface area contributed by atoms with Gasteiger partial charge in [0.25, 0.3) is 0 Å². The summed E-state index contributed by atoms with van der Waals surface area (Å²) in [6.45, 7) is 5.00. The number of amides is 2. The molecule has 1 N–H and O–H groups in total. The molecule has 0 spiro atoms. The van der Waals surface area contributed by atoms with Crippen LogP contribution in [0.3, 0.4) is 0 Å². The molecule has 0 bridgehead atoms. The molecule has 0 aliphatic heterocycles.